The summed E-state index contributed by atoms with van der Waals surface area (Å²) in [6.07, 6.45) is 6.37. The van der Waals surface area contributed by atoms with Gasteiger partial charge in [0.2, 0.25) is 5.91 Å². The predicted molar refractivity (Wildman–Crippen MR) is 78.7 cm³/mol. The first-order chi connectivity index (χ1) is 10.2. The van der Waals surface area contributed by atoms with Crippen LogP contribution < -0.4 is 0 Å². The molecule has 2 aromatic heterocycles. The van der Waals surface area contributed by atoms with Gasteiger partial charge in [0.1, 0.15) is 0 Å². The lowest BCUT2D eigenvalue weighted by molar-refractivity contribution is -0.132. The summed E-state index contributed by atoms with van der Waals surface area (Å²) in [7, 11) is 0. The van der Waals surface area contributed by atoms with Gasteiger partial charge in [-0.25, -0.2) is 0 Å². The normalized spacial score (nSPS) is 18.9. The molecule has 0 saturated carbocycles. The van der Waals surface area contributed by atoms with Crippen molar-refractivity contribution in [1.82, 2.24) is 24.9 Å². The number of amides is 1. The number of aromatic nitrogens is 4. The molecule has 0 bridgehead atoms. The van der Waals surface area contributed by atoms with Crippen molar-refractivity contribution < 1.29 is 4.79 Å². The fraction of sp³-hybridized carbons (Fsp3) is 0.533. The molecule has 112 valence electrons. The minimum absolute atomic E-state index is 0.215. The maximum atomic E-state index is 12.4. The van der Waals surface area contributed by atoms with Gasteiger partial charge in [-0.3, -0.25) is 14.6 Å². The summed E-state index contributed by atoms with van der Waals surface area (Å²) in [5.74, 6) is 0.601. The van der Waals surface area contributed by atoms with Gasteiger partial charge in [-0.1, -0.05) is 0 Å². The van der Waals surface area contributed by atoms with Crippen molar-refractivity contribution in [3.8, 4) is 0 Å². The van der Waals surface area contributed by atoms with E-state index in [0.29, 0.717) is 18.9 Å². The molecule has 3 heterocycles. The van der Waals surface area contributed by atoms with Crippen LogP contribution in [-0.4, -0.2) is 43.9 Å². The standard InChI is InChI=1S/C15H21N5O/c1-12-5-9-20(18-12)10-6-15(21)19-8-2-3-13(11-19)14-4-7-16-17-14/h4-5,7,9,13H,2-3,6,8,10-11H2,1H3,(H,16,17)/t13-/m0/s1. The summed E-state index contributed by atoms with van der Waals surface area (Å²) in [6, 6.07) is 3.96. The monoisotopic (exact) mass is 287 g/mol. The molecular formula is C15H21N5O. The quantitative estimate of drug-likeness (QED) is 0.931. The molecule has 1 amide bonds. The number of likely N-dealkylation sites (tertiary alicyclic amines) is 1. The van der Waals surface area contributed by atoms with Gasteiger partial charge in [-0.15, -0.1) is 0 Å². The molecule has 1 N–H and O–H groups in total. The molecule has 1 fully saturated rings. The summed E-state index contributed by atoms with van der Waals surface area (Å²) >= 11 is 0. The van der Waals surface area contributed by atoms with Crippen LogP contribution in [0, 0.1) is 6.92 Å². The Morgan fingerprint density at radius 3 is 3.10 bits per heavy atom. The average molecular weight is 287 g/mol. The molecule has 1 aliphatic heterocycles. The van der Waals surface area contributed by atoms with Crippen LogP contribution in [0.25, 0.3) is 0 Å². The third-order valence-electron chi connectivity index (χ3n) is 4.06. The van der Waals surface area contributed by atoms with Crippen LogP contribution >= 0.6 is 0 Å². The second-order valence-electron chi connectivity index (χ2n) is 5.66. The number of aryl methyl sites for hydroxylation is 2. The van der Waals surface area contributed by atoms with Crippen LogP contribution in [0.5, 0.6) is 0 Å². The van der Waals surface area contributed by atoms with Gasteiger partial charge in [-0.05, 0) is 31.9 Å². The highest BCUT2D eigenvalue weighted by atomic mass is 16.2. The summed E-state index contributed by atoms with van der Waals surface area (Å²) in [4.78, 5) is 14.3. The van der Waals surface area contributed by atoms with Crippen LogP contribution in [0.3, 0.4) is 0 Å². The van der Waals surface area contributed by atoms with Crippen LogP contribution in [0.15, 0.2) is 24.5 Å². The van der Waals surface area contributed by atoms with Gasteiger partial charge in [0.05, 0.1) is 5.69 Å². The number of nitrogens with zero attached hydrogens (tertiary/aromatic N) is 4. The topological polar surface area (TPSA) is 66.8 Å². The minimum atomic E-state index is 0.215. The van der Waals surface area contributed by atoms with Crippen molar-refractivity contribution in [3.63, 3.8) is 0 Å². The molecule has 1 atom stereocenters. The fourth-order valence-electron chi connectivity index (χ4n) is 2.91. The number of aromatic amines is 1. The van der Waals surface area contributed by atoms with E-state index in [1.807, 2.05) is 34.8 Å². The molecule has 1 saturated heterocycles. The highest BCUT2D eigenvalue weighted by Gasteiger charge is 2.25. The van der Waals surface area contributed by atoms with E-state index in [1.165, 1.54) is 0 Å². The maximum Gasteiger partial charge on any atom is 0.224 e. The number of carbonyl (C=O) groups excluding carboxylic acids is 1. The Morgan fingerprint density at radius 1 is 1.48 bits per heavy atom. The van der Waals surface area contributed by atoms with Gasteiger partial charge in [0.15, 0.2) is 0 Å². The molecule has 2 aromatic rings. The van der Waals surface area contributed by atoms with E-state index in [2.05, 4.69) is 15.3 Å². The molecule has 0 spiro atoms. The Morgan fingerprint density at radius 2 is 2.38 bits per heavy atom. The molecule has 0 radical (unpaired) electrons. The Balaban J connectivity index is 1.54. The maximum absolute atomic E-state index is 12.4. The highest BCUT2D eigenvalue weighted by Crippen LogP contribution is 2.25. The van der Waals surface area contributed by atoms with Crippen molar-refractivity contribution in [1.29, 1.82) is 0 Å². The van der Waals surface area contributed by atoms with E-state index in [1.54, 1.807) is 6.20 Å². The zero-order valence-corrected chi connectivity index (χ0v) is 12.3. The van der Waals surface area contributed by atoms with Crippen molar-refractivity contribution in [2.45, 2.75) is 38.6 Å². The lowest BCUT2D eigenvalue weighted by atomic mass is 9.95. The first kappa shape index (κ1) is 13.9. The van der Waals surface area contributed by atoms with Gasteiger partial charge < -0.3 is 4.90 Å². The minimum Gasteiger partial charge on any atom is -0.342 e. The van der Waals surface area contributed by atoms with Gasteiger partial charge >= 0.3 is 0 Å². The second-order valence-corrected chi connectivity index (χ2v) is 5.66. The zero-order chi connectivity index (χ0) is 14.7. The summed E-state index contributed by atoms with van der Waals surface area (Å²) in [5, 5.41) is 11.3. The Labute approximate surface area is 124 Å². The van der Waals surface area contributed by atoms with E-state index in [9.17, 15) is 4.79 Å². The van der Waals surface area contributed by atoms with Crippen molar-refractivity contribution in [2.75, 3.05) is 13.1 Å². The van der Waals surface area contributed by atoms with Crippen molar-refractivity contribution in [2.24, 2.45) is 0 Å². The Bertz CT molecular complexity index is 589. The molecule has 6 heteroatoms. The first-order valence-corrected chi connectivity index (χ1v) is 7.49. The summed E-state index contributed by atoms with van der Waals surface area (Å²) < 4.78 is 1.84. The summed E-state index contributed by atoms with van der Waals surface area (Å²) in [5.41, 5.74) is 2.12. The molecule has 6 nitrogen and oxygen atoms in total. The Kier molecular flexibility index (Phi) is 4.03. The number of nitrogens with one attached hydrogen (secondary N) is 1. The number of rotatable bonds is 4. The smallest absolute Gasteiger partial charge is 0.224 e. The predicted octanol–water partition coefficient (Wildman–Crippen LogP) is 1.71. The van der Waals surface area contributed by atoms with E-state index in [0.717, 1.165) is 37.3 Å². The SMILES string of the molecule is Cc1ccn(CCC(=O)N2CCC[C@H](c3ccn[nH]3)C2)n1. The van der Waals surface area contributed by atoms with E-state index >= 15 is 0 Å². The second kappa shape index (κ2) is 6.11. The number of piperidine rings is 1. The largest absolute Gasteiger partial charge is 0.342 e. The average Bonchev–Trinajstić information content (AvgIpc) is 3.16. The zero-order valence-electron chi connectivity index (χ0n) is 12.3. The van der Waals surface area contributed by atoms with Crippen molar-refractivity contribution in [3.05, 3.63) is 35.9 Å². The third-order valence-corrected chi connectivity index (χ3v) is 4.06. The molecule has 3 rings (SSSR count). The number of hydrogen-bond acceptors (Lipinski definition) is 3. The lowest BCUT2D eigenvalue weighted by Gasteiger charge is -2.32. The molecular weight excluding hydrogens is 266 g/mol. The van der Waals surface area contributed by atoms with E-state index < -0.39 is 0 Å². The molecule has 0 aromatic carbocycles. The van der Waals surface area contributed by atoms with Crippen LogP contribution in [0.2, 0.25) is 0 Å². The highest BCUT2D eigenvalue weighted by molar-refractivity contribution is 5.76. The Hall–Kier alpha value is -2.11. The van der Waals surface area contributed by atoms with Crippen molar-refractivity contribution >= 4 is 5.91 Å². The van der Waals surface area contributed by atoms with Crippen LogP contribution in [0.1, 0.15) is 36.6 Å². The molecule has 0 unspecified atom stereocenters. The third kappa shape index (κ3) is 3.32. The number of hydrogen-bond donors (Lipinski definition) is 1. The van der Waals surface area contributed by atoms with Crippen LogP contribution in [0.4, 0.5) is 0 Å². The molecule has 0 aliphatic carbocycles. The molecule has 21 heavy (non-hydrogen) atoms. The van der Waals surface area contributed by atoms with Gasteiger partial charge in [0.25, 0.3) is 0 Å². The fourth-order valence-corrected chi connectivity index (χ4v) is 2.91. The number of carbonyl (C=O) groups is 1. The lowest BCUT2D eigenvalue weighted by Crippen LogP contribution is -2.39. The molecule has 1 aliphatic rings. The van der Waals surface area contributed by atoms with E-state index in [4.69, 9.17) is 0 Å². The first-order valence-electron chi connectivity index (χ1n) is 7.49. The van der Waals surface area contributed by atoms with Gasteiger partial charge in [0, 0.05) is 50.1 Å². The van der Waals surface area contributed by atoms with Crippen LogP contribution in [-0.2, 0) is 11.3 Å². The number of H-pyrrole nitrogens is 1. The summed E-state index contributed by atoms with van der Waals surface area (Å²) in [6.45, 7) is 4.26. The van der Waals surface area contributed by atoms with E-state index in [-0.39, 0.29) is 5.91 Å². The van der Waals surface area contributed by atoms with Gasteiger partial charge in [-0.2, -0.15) is 10.2 Å².